The van der Waals surface area contributed by atoms with Gasteiger partial charge in [0.25, 0.3) is 11.8 Å². The maximum absolute atomic E-state index is 12.9. The molecule has 3 N–H and O–H groups in total. The van der Waals surface area contributed by atoms with Crippen molar-refractivity contribution in [1.29, 1.82) is 0 Å². The van der Waals surface area contributed by atoms with Crippen LogP contribution in [0.3, 0.4) is 0 Å². The Hall–Kier alpha value is -3.64. The lowest BCUT2D eigenvalue weighted by Gasteiger charge is -2.48. The molecule has 1 unspecified atom stereocenters. The molecule has 2 aromatic rings. The second kappa shape index (κ2) is 10.7. The van der Waals surface area contributed by atoms with E-state index in [1.54, 1.807) is 11.5 Å². The molecule has 0 bridgehead atoms. The van der Waals surface area contributed by atoms with Gasteiger partial charge in [0.2, 0.25) is 0 Å². The van der Waals surface area contributed by atoms with Crippen LogP contribution in [0.5, 0.6) is 0 Å². The normalized spacial score (nSPS) is 19.9. The highest BCUT2D eigenvalue weighted by Gasteiger charge is 2.53. The molecule has 4 rings (SSSR count). The molecule has 2 aliphatic rings. The number of nitrogens with one attached hydrogen (secondary N) is 1. The van der Waals surface area contributed by atoms with Gasteiger partial charge in [-0.05, 0) is 24.1 Å². The summed E-state index contributed by atoms with van der Waals surface area (Å²) < 4.78 is 5.44. The van der Waals surface area contributed by atoms with Gasteiger partial charge in [0.15, 0.2) is 10.8 Å². The fraction of sp³-hybridized carbons (Fsp3) is 0.261. The van der Waals surface area contributed by atoms with Crippen LogP contribution in [0.4, 0.5) is 5.13 Å². The highest BCUT2D eigenvalue weighted by molar-refractivity contribution is 8.00. The lowest BCUT2D eigenvalue weighted by molar-refractivity contribution is -0.152. The second-order valence-corrected chi connectivity index (χ2v) is 9.68. The Balaban J connectivity index is 1.38. The van der Waals surface area contributed by atoms with Gasteiger partial charge in [0, 0.05) is 11.1 Å². The van der Waals surface area contributed by atoms with Gasteiger partial charge < -0.3 is 20.6 Å². The van der Waals surface area contributed by atoms with E-state index in [9.17, 15) is 14.4 Å². The number of oxime groups is 1. The van der Waals surface area contributed by atoms with E-state index in [2.05, 4.69) is 15.5 Å². The molecule has 35 heavy (non-hydrogen) atoms. The zero-order valence-corrected chi connectivity index (χ0v) is 20.6. The standard InChI is InChI=1S/C23H23N5O5S2/c1-13(10-14-6-4-3-5-7-14)11-33-22(31)16-8-9-34-21-18(20(30)28(16)21)26-19(29)17(27-32-2)15-12-35-23(24)25-15/h3-8,10,12,18,21H,9,11H2,1-2H3,(H2,24,25)(H,26,29)/b13-10+,27-17-/t18?,21-/m1/s1. The summed E-state index contributed by atoms with van der Waals surface area (Å²) in [4.78, 5) is 48.6. The number of carbonyl (C=O) groups excluding carboxylic acids is 3. The first-order chi connectivity index (χ1) is 16.9. The van der Waals surface area contributed by atoms with Crippen LogP contribution in [0.25, 0.3) is 6.08 Å². The first-order valence-electron chi connectivity index (χ1n) is 10.6. The largest absolute Gasteiger partial charge is 0.457 e. The number of β-lactam (4-membered cyclic amide) rings is 1. The Bertz CT molecular complexity index is 1220. The van der Waals surface area contributed by atoms with E-state index >= 15 is 0 Å². The third kappa shape index (κ3) is 5.38. The SMILES string of the molecule is CO/N=C(\C(=O)NC1C(=O)N2C(C(=O)OC/C(C)=C/c3ccccc3)=CCS[C@H]12)c1csc(N)n1. The average Bonchev–Trinajstić information content (AvgIpc) is 3.29. The molecule has 2 atom stereocenters. The van der Waals surface area contributed by atoms with Crippen molar-refractivity contribution in [2.75, 3.05) is 25.2 Å². The van der Waals surface area contributed by atoms with E-state index in [1.165, 1.54) is 23.8 Å². The molecule has 0 saturated carbocycles. The third-order valence-electron chi connectivity index (χ3n) is 5.15. The summed E-state index contributed by atoms with van der Waals surface area (Å²) in [6.45, 7) is 1.96. The number of nitrogens with zero attached hydrogens (tertiary/aromatic N) is 3. The minimum Gasteiger partial charge on any atom is -0.457 e. The molecule has 0 spiro atoms. The van der Waals surface area contributed by atoms with Crippen molar-refractivity contribution in [2.45, 2.75) is 18.3 Å². The average molecular weight is 514 g/mol. The Morgan fingerprint density at radius 1 is 1.34 bits per heavy atom. The van der Waals surface area contributed by atoms with Crippen molar-refractivity contribution in [2.24, 2.45) is 5.16 Å². The Labute approximate surface area is 209 Å². The first kappa shape index (κ1) is 24.5. The minimum absolute atomic E-state index is 0.0941. The number of benzene rings is 1. The smallest absolute Gasteiger partial charge is 0.355 e. The van der Waals surface area contributed by atoms with Gasteiger partial charge in [-0.25, -0.2) is 9.78 Å². The molecule has 1 saturated heterocycles. The Kier molecular flexibility index (Phi) is 7.51. The number of carbonyl (C=O) groups is 3. The maximum Gasteiger partial charge on any atom is 0.355 e. The number of hydrogen-bond acceptors (Lipinski definition) is 10. The summed E-state index contributed by atoms with van der Waals surface area (Å²) >= 11 is 2.58. The fourth-order valence-electron chi connectivity index (χ4n) is 3.56. The number of nitrogen functional groups attached to an aromatic ring is 1. The van der Waals surface area contributed by atoms with Crippen LogP contribution in [0.15, 0.2) is 58.2 Å². The van der Waals surface area contributed by atoms with Crippen LogP contribution >= 0.6 is 23.1 Å². The molecule has 1 aromatic carbocycles. The molecule has 1 fully saturated rings. The summed E-state index contributed by atoms with van der Waals surface area (Å²) in [5, 5.41) is 7.80. The number of aromatic nitrogens is 1. The van der Waals surface area contributed by atoms with Crippen molar-refractivity contribution in [3.63, 3.8) is 0 Å². The number of rotatable bonds is 8. The van der Waals surface area contributed by atoms with E-state index in [0.29, 0.717) is 5.75 Å². The van der Waals surface area contributed by atoms with Crippen LogP contribution in [0, 0.1) is 0 Å². The van der Waals surface area contributed by atoms with Crippen LogP contribution in [-0.4, -0.2) is 64.3 Å². The molecular weight excluding hydrogens is 490 g/mol. The van der Waals surface area contributed by atoms with E-state index in [-0.39, 0.29) is 28.8 Å². The minimum atomic E-state index is -0.832. The molecule has 0 aliphatic carbocycles. The molecule has 182 valence electrons. The summed E-state index contributed by atoms with van der Waals surface area (Å²) in [7, 11) is 1.30. The molecule has 3 heterocycles. The van der Waals surface area contributed by atoms with Crippen molar-refractivity contribution >= 4 is 57.8 Å². The molecule has 0 radical (unpaired) electrons. The quantitative estimate of drug-likeness (QED) is 0.237. The summed E-state index contributed by atoms with van der Waals surface area (Å²) in [5.74, 6) is -1.14. The molecule has 2 aliphatic heterocycles. The van der Waals surface area contributed by atoms with Crippen LogP contribution in [-0.2, 0) is 24.0 Å². The van der Waals surface area contributed by atoms with Gasteiger partial charge in [-0.15, -0.1) is 23.1 Å². The number of amides is 2. The van der Waals surface area contributed by atoms with Crippen molar-refractivity contribution in [3.8, 4) is 0 Å². The topological polar surface area (TPSA) is 136 Å². The van der Waals surface area contributed by atoms with Gasteiger partial charge in [0.05, 0.1) is 0 Å². The van der Waals surface area contributed by atoms with Gasteiger partial charge >= 0.3 is 5.97 Å². The molecule has 12 heteroatoms. The molecule has 2 amide bonds. The number of ether oxygens (including phenoxy) is 1. The van der Waals surface area contributed by atoms with Crippen molar-refractivity contribution < 1.29 is 24.0 Å². The summed E-state index contributed by atoms with van der Waals surface area (Å²) in [6, 6.07) is 8.86. The Morgan fingerprint density at radius 2 is 2.11 bits per heavy atom. The zero-order chi connectivity index (χ0) is 24.9. The van der Waals surface area contributed by atoms with E-state index in [0.717, 1.165) is 22.5 Å². The number of hydrogen-bond donors (Lipinski definition) is 2. The number of anilines is 1. The lowest BCUT2D eigenvalue weighted by Crippen LogP contribution is -2.70. The predicted octanol–water partition coefficient (Wildman–Crippen LogP) is 2.01. The monoisotopic (exact) mass is 513 g/mol. The number of esters is 1. The van der Waals surface area contributed by atoms with E-state index in [4.69, 9.17) is 15.3 Å². The molecule has 1 aromatic heterocycles. The number of fused-ring (bicyclic) bond motifs is 1. The summed E-state index contributed by atoms with van der Waals surface area (Å²) in [6.07, 6.45) is 3.59. The van der Waals surface area contributed by atoms with Crippen LogP contribution in [0.1, 0.15) is 18.2 Å². The fourth-order valence-corrected chi connectivity index (χ4v) is 5.30. The van der Waals surface area contributed by atoms with E-state index in [1.807, 2.05) is 43.3 Å². The highest BCUT2D eigenvalue weighted by Crippen LogP contribution is 2.37. The Morgan fingerprint density at radius 3 is 2.80 bits per heavy atom. The van der Waals surface area contributed by atoms with Gasteiger partial charge in [-0.1, -0.05) is 41.6 Å². The van der Waals surface area contributed by atoms with Crippen molar-refractivity contribution in [1.82, 2.24) is 15.2 Å². The van der Waals surface area contributed by atoms with E-state index < -0.39 is 29.2 Å². The summed E-state index contributed by atoms with van der Waals surface area (Å²) in [5.41, 5.74) is 7.84. The van der Waals surface area contributed by atoms with Gasteiger partial charge in [0.1, 0.15) is 36.5 Å². The first-order valence-corrected chi connectivity index (χ1v) is 12.5. The number of thioether (sulfide) groups is 1. The molecule has 10 nitrogen and oxygen atoms in total. The third-order valence-corrected chi connectivity index (χ3v) is 7.01. The maximum atomic E-state index is 12.9. The predicted molar refractivity (Wildman–Crippen MR) is 134 cm³/mol. The van der Waals surface area contributed by atoms with Crippen LogP contribution < -0.4 is 11.1 Å². The van der Waals surface area contributed by atoms with Gasteiger partial charge in [-0.2, -0.15) is 0 Å². The second-order valence-electron chi connectivity index (χ2n) is 7.64. The highest BCUT2D eigenvalue weighted by atomic mass is 32.2. The lowest BCUT2D eigenvalue weighted by atomic mass is 10.0. The molecular formula is C23H23N5O5S2. The van der Waals surface area contributed by atoms with Crippen LogP contribution in [0.2, 0.25) is 0 Å². The number of nitrogens with two attached hydrogens (primary N) is 1. The zero-order valence-electron chi connectivity index (χ0n) is 19.0. The van der Waals surface area contributed by atoms with Gasteiger partial charge in [-0.3, -0.25) is 14.5 Å². The van der Waals surface area contributed by atoms with Crippen molar-refractivity contribution in [3.05, 3.63) is 64.3 Å². The number of thiazole rings is 1.